The number of nitrogens with two attached hydrogens (primary N) is 2. The molecule has 25 heavy (non-hydrogen) atoms. The molecule has 0 spiro atoms. The highest BCUT2D eigenvalue weighted by Crippen LogP contribution is 2.39. The third-order valence-corrected chi connectivity index (χ3v) is 3.64. The van der Waals surface area contributed by atoms with Crippen molar-refractivity contribution in [1.82, 2.24) is 0 Å². The van der Waals surface area contributed by atoms with E-state index in [-0.39, 0.29) is 17.2 Å². The molecule has 1 amide bonds. The fraction of sp³-hybridized carbons (Fsp3) is 0.0556. The minimum absolute atomic E-state index is 0.181. The van der Waals surface area contributed by atoms with E-state index in [9.17, 15) is 9.18 Å². The van der Waals surface area contributed by atoms with Gasteiger partial charge >= 0.3 is 0 Å². The van der Waals surface area contributed by atoms with Gasteiger partial charge in [-0.3, -0.25) is 4.79 Å². The first kappa shape index (κ1) is 16.2. The zero-order chi connectivity index (χ0) is 18.0. The molecule has 4 N–H and O–H groups in total. The van der Waals surface area contributed by atoms with Crippen LogP contribution in [0.15, 0.2) is 47.5 Å². The summed E-state index contributed by atoms with van der Waals surface area (Å²) >= 11 is 0. The monoisotopic (exact) mass is 336 g/mol. The van der Waals surface area contributed by atoms with Crippen LogP contribution in [0.2, 0.25) is 0 Å². The summed E-state index contributed by atoms with van der Waals surface area (Å²) in [5.41, 5.74) is 12.8. The lowest BCUT2D eigenvalue weighted by Gasteiger charge is -2.20. The number of ether oxygens (including phenoxy) is 1. The number of nitrogens with zero attached hydrogens (tertiary/aromatic N) is 2. The standard InChI is InChI=1S/C18H13FN4O2/c1-22-15-9-11(19)3-4-13(15)12-6-7-25-16-5-2-10(8-14(12)16)17(24)23-18(20)21/h2-6,8-9H,7H2,(H4,20,21,23,24). The lowest BCUT2D eigenvalue weighted by atomic mass is 9.93. The van der Waals surface area contributed by atoms with Gasteiger partial charge in [0.05, 0.1) is 6.57 Å². The van der Waals surface area contributed by atoms with Crippen LogP contribution in [-0.4, -0.2) is 18.5 Å². The highest BCUT2D eigenvalue weighted by Gasteiger charge is 2.20. The van der Waals surface area contributed by atoms with Crippen molar-refractivity contribution in [2.75, 3.05) is 6.61 Å². The van der Waals surface area contributed by atoms with Gasteiger partial charge in [0.25, 0.3) is 5.91 Å². The SMILES string of the molecule is [C-]#[N+]c1cc(F)ccc1C1=CCOc2ccc(C(=O)N=C(N)N)cc21. The molecule has 0 saturated heterocycles. The molecule has 6 nitrogen and oxygen atoms in total. The van der Waals surface area contributed by atoms with Crippen molar-refractivity contribution < 1.29 is 13.9 Å². The van der Waals surface area contributed by atoms with Gasteiger partial charge in [-0.15, -0.1) is 0 Å². The van der Waals surface area contributed by atoms with Crippen molar-refractivity contribution in [3.05, 3.63) is 76.4 Å². The number of hydrogen-bond acceptors (Lipinski definition) is 2. The zero-order valence-electron chi connectivity index (χ0n) is 13.0. The highest BCUT2D eigenvalue weighted by atomic mass is 19.1. The predicted octanol–water partition coefficient (Wildman–Crippen LogP) is 2.61. The number of hydrogen-bond donors (Lipinski definition) is 2. The number of rotatable bonds is 2. The molecule has 0 bridgehead atoms. The third kappa shape index (κ3) is 3.19. The summed E-state index contributed by atoms with van der Waals surface area (Å²) in [6.45, 7) is 7.58. The lowest BCUT2D eigenvalue weighted by molar-refractivity contribution is 0.100. The van der Waals surface area contributed by atoms with E-state index < -0.39 is 11.7 Å². The number of guanidine groups is 1. The molecule has 1 aliphatic rings. The minimum atomic E-state index is -0.586. The second-order valence-corrected chi connectivity index (χ2v) is 5.25. The minimum Gasteiger partial charge on any atom is -0.489 e. The molecule has 0 saturated carbocycles. The van der Waals surface area contributed by atoms with E-state index >= 15 is 0 Å². The molecule has 0 aliphatic carbocycles. The van der Waals surface area contributed by atoms with E-state index in [0.717, 1.165) is 0 Å². The molecular formula is C18H13FN4O2. The summed E-state index contributed by atoms with van der Waals surface area (Å²) in [4.78, 5) is 18.9. The van der Waals surface area contributed by atoms with Crippen LogP contribution in [0.5, 0.6) is 5.75 Å². The smallest absolute Gasteiger partial charge is 0.280 e. The van der Waals surface area contributed by atoms with Crippen LogP contribution in [0.25, 0.3) is 10.4 Å². The van der Waals surface area contributed by atoms with Gasteiger partial charge in [-0.05, 0) is 47.5 Å². The Labute approximate surface area is 143 Å². The van der Waals surface area contributed by atoms with Crippen LogP contribution in [0, 0.1) is 12.4 Å². The first-order chi connectivity index (χ1) is 12.0. The Morgan fingerprint density at radius 1 is 1.20 bits per heavy atom. The summed E-state index contributed by atoms with van der Waals surface area (Å²) in [5, 5.41) is 0. The molecule has 0 fully saturated rings. The van der Waals surface area contributed by atoms with Crippen molar-refractivity contribution in [3.63, 3.8) is 0 Å². The van der Waals surface area contributed by atoms with Gasteiger partial charge in [0.1, 0.15) is 18.2 Å². The maximum Gasteiger partial charge on any atom is 0.280 e. The quantitative estimate of drug-likeness (QED) is 0.501. The number of benzene rings is 2. The van der Waals surface area contributed by atoms with Crippen LogP contribution in [0.1, 0.15) is 21.5 Å². The van der Waals surface area contributed by atoms with Gasteiger partial charge in [-0.25, -0.2) is 9.24 Å². The van der Waals surface area contributed by atoms with Crippen LogP contribution in [-0.2, 0) is 0 Å². The van der Waals surface area contributed by atoms with Crippen molar-refractivity contribution in [2.24, 2.45) is 16.5 Å². The zero-order valence-corrected chi connectivity index (χ0v) is 13.0. The van der Waals surface area contributed by atoms with E-state index in [2.05, 4.69) is 9.84 Å². The highest BCUT2D eigenvalue weighted by molar-refractivity contribution is 6.03. The second kappa shape index (κ2) is 6.45. The topological polar surface area (TPSA) is 95.1 Å². The van der Waals surface area contributed by atoms with Crippen molar-refractivity contribution in [2.45, 2.75) is 0 Å². The van der Waals surface area contributed by atoms with Crippen LogP contribution in [0.4, 0.5) is 10.1 Å². The summed E-state index contributed by atoms with van der Waals surface area (Å²) in [5.74, 6) is -0.848. The maximum atomic E-state index is 13.4. The molecule has 7 heteroatoms. The molecule has 0 atom stereocenters. The van der Waals surface area contributed by atoms with Crippen molar-refractivity contribution in [3.8, 4) is 5.75 Å². The molecule has 1 heterocycles. The maximum absolute atomic E-state index is 13.4. The Bertz CT molecular complexity index is 970. The Kier molecular flexibility index (Phi) is 4.18. The molecule has 2 aromatic carbocycles. The Morgan fingerprint density at radius 2 is 2.00 bits per heavy atom. The van der Waals surface area contributed by atoms with Crippen LogP contribution >= 0.6 is 0 Å². The van der Waals surface area contributed by atoms with E-state index in [1.165, 1.54) is 18.2 Å². The van der Waals surface area contributed by atoms with Gasteiger partial charge in [0, 0.05) is 11.1 Å². The normalized spacial score (nSPS) is 12.2. The fourth-order valence-electron chi connectivity index (χ4n) is 2.59. The molecule has 124 valence electrons. The number of carbonyl (C=O) groups excluding carboxylic acids is 1. The first-order valence-electron chi connectivity index (χ1n) is 7.28. The summed E-state index contributed by atoms with van der Waals surface area (Å²) in [7, 11) is 0. The molecule has 3 rings (SSSR count). The molecule has 0 aromatic heterocycles. The number of fused-ring (bicyclic) bond motifs is 1. The van der Waals surface area contributed by atoms with E-state index in [0.29, 0.717) is 29.1 Å². The lowest BCUT2D eigenvalue weighted by Crippen LogP contribution is -2.24. The summed E-state index contributed by atoms with van der Waals surface area (Å²) in [6.07, 6.45) is 1.78. The molecule has 0 radical (unpaired) electrons. The molecular weight excluding hydrogens is 323 g/mol. The molecule has 1 aliphatic heterocycles. The second-order valence-electron chi connectivity index (χ2n) is 5.25. The fourth-order valence-corrected chi connectivity index (χ4v) is 2.59. The summed E-state index contributed by atoms with van der Waals surface area (Å²) in [6, 6.07) is 8.78. The van der Waals surface area contributed by atoms with E-state index in [4.69, 9.17) is 22.8 Å². The Hall–Kier alpha value is -3.66. The first-order valence-corrected chi connectivity index (χ1v) is 7.28. The van der Waals surface area contributed by atoms with Gasteiger partial charge in [-0.1, -0.05) is 6.07 Å². The molecule has 2 aromatic rings. The van der Waals surface area contributed by atoms with Gasteiger partial charge in [0.15, 0.2) is 11.6 Å². The van der Waals surface area contributed by atoms with E-state index in [1.54, 1.807) is 24.3 Å². The van der Waals surface area contributed by atoms with Crippen LogP contribution < -0.4 is 16.2 Å². The third-order valence-electron chi connectivity index (χ3n) is 3.64. The van der Waals surface area contributed by atoms with Crippen LogP contribution in [0.3, 0.4) is 0 Å². The Balaban J connectivity index is 2.12. The number of halogens is 1. The summed E-state index contributed by atoms with van der Waals surface area (Å²) < 4.78 is 19.0. The van der Waals surface area contributed by atoms with Gasteiger partial charge < -0.3 is 16.2 Å². The number of amides is 1. The van der Waals surface area contributed by atoms with Crippen molar-refractivity contribution >= 4 is 23.1 Å². The van der Waals surface area contributed by atoms with E-state index in [1.807, 2.05) is 0 Å². The molecule has 0 unspecified atom stereocenters. The number of aliphatic imine (C=N–C) groups is 1. The Morgan fingerprint density at radius 3 is 2.72 bits per heavy atom. The van der Waals surface area contributed by atoms with Gasteiger partial charge in [-0.2, -0.15) is 4.99 Å². The average Bonchev–Trinajstić information content (AvgIpc) is 2.60. The largest absolute Gasteiger partial charge is 0.489 e. The van der Waals surface area contributed by atoms with Gasteiger partial charge in [0.2, 0.25) is 0 Å². The predicted molar refractivity (Wildman–Crippen MR) is 91.8 cm³/mol. The van der Waals surface area contributed by atoms with Crippen molar-refractivity contribution in [1.29, 1.82) is 0 Å². The average molecular weight is 336 g/mol. The number of carbonyl (C=O) groups is 1.